The van der Waals surface area contributed by atoms with Gasteiger partial charge in [-0.15, -0.1) is 0 Å². The van der Waals surface area contributed by atoms with Crippen LogP contribution in [0.1, 0.15) is 5.56 Å². The number of nitrogen functional groups attached to an aromatic ring is 1. The zero-order chi connectivity index (χ0) is 12.4. The lowest BCUT2D eigenvalue weighted by atomic mass is 10.3. The first-order valence-corrected chi connectivity index (χ1v) is 5.60. The minimum Gasteiger partial charge on any atom is -0.472 e. The minimum atomic E-state index is 0.400. The van der Waals surface area contributed by atoms with E-state index in [-0.39, 0.29) is 0 Å². The van der Waals surface area contributed by atoms with E-state index < -0.39 is 0 Å². The van der Waals surface area contributed by atoms with Crippen molar-refractivity contribution in [2.45, 2.75) is 6.54 Å². The van der Waals surface area contributed by atoms with Crippen LogP contribution < -0.4 is 11.1 Å². The zero-order valence-corrected chi connectivity index (χ0v) is 9.63. The molecular formula is C13H12N4O. The molecule has 2 aromatic heterocycles. The molecule has 1 aromatic carbocycles. The lowest BCUT2D eigenvalue weighted by molar-refractivity contribution is 0.564. The van der Waals surface area contributed by atoms with Gasteiger partial charge in [0.15, 0.2) is 11.6 Å². The lowest BCUT2D eigenvalue weighted by Gasteiger charge is -2.07. The Hall–Kier alpha value is -2.56. The Labute approximate surface area is 104 Å². The largest absolute Gasteiger partial charge is 0.472 e. The van der Waals surface area contributed by atoms with Crippen molar-refractivity contribution < 1.29 is 4.42 Å². The van der Waals surface area contributed by atoms with Crippen molar-refractivity contribution in [2.75, 3.05) is 11.1 Å². The fraction of sp³-hybridized carbons (Fsp3) is 0.0769. The van der Waals surface area contributed by atoms with Gasteiger partial charge in [0.2, 0.25) is 0 Å². The molecule has 3 rings (SSSR count). The molecule has 5 heteroatoms. The number of anilines is 2. The average Bonchev–Trinajstić information content (AvgIpc) is 2.89. The van der Waals surface area contributed by atoms with Crippen molar-refractivity contribution in [3.8, 4) is 0 Å². The zero-order valence-electron chi connectivity index (χ0n) is 9.63. The molecule has 0 atom stereocenters. The summed E-state index contributed by atoms with van der Waals surface area (Å²) < 4.78 is 5.00. The van der Waals surface area contributed by atoms with Gasteiger partial charge in [0.05, 0.1) is 23.6 Å². The SMILES string of the molecule is Nc1nc2ccccc2nc1NCc1ccoc1. The number of nitrogens with zero attached hydrogens (tertiary/aromatic N) is 2. The average molecular weight is 240 g/mol. The third kappa shape index (κ3) is 1.98. The van der Waals surface area contributed by atoms with Crippen LogP contribution in [-0.4, -0.2) is 9.97 Å². The first-order chi connectivity index (χ1) is 8.83. The Bertz CT molecular complexity index is 664. The first kappa shape index (κ1) is 10.6. The van der Waals surface area contributed by atoms with E-state index in [9.17, 15) is 0 Å². The fourth-order valence-corrected chi connectivity index (χ4v) is 1.72. The molecule has 0 amide bonds. The summed E-state index contributed by atoms with van der Waals surface area (Å²) in [5.41, 5.74) is 8.51. The Kier molecular flexibility index (Phi) is 2.57. The molecule has 0 fully saturated rings. The van der Waals surface area contributed by atoms with Gasteiger partial charge in [0, 0.05) is 12.1 Å². The van der Waals surface area contributed by atoms with E-state index in [0.29, 0.717) is 18.2 Å². The van der Waals surface area contributed by atoms with E-state index in [2.05, 4.69) is 15.3 Å². The van der Waals surface area contributed by atoms with E-state index in [1.807, 2.05) is 30.3 Å². The number of hydrogen-bond donors (Lipinski definition) is 2. The number of nitrogens with one attached hydrogen (secondary N) is 1. The number of furan rings is 1. The van der Waals surface area contributed by atoms with Crippen LogP contribution in [0, 0.1) is 0 Å². The number of aromatic nitrogens is 2. The van der Waals surface area contributed by atoms with E-state index in [1.54, 1.807) is 12.5 Å². The van der Waals surface area contributed by atoms with Crippen LogP contribution in [0.25, 0.3) is 11.0 Å². The van der Waals surface area contributed by atoms with Gasteiger partial charge < -0.3 is 15.5 Å². The summed E-state index contributed by atoms with van der Waals surface area (Å²) in [6, 6.07) is 9.52. The molecule has 2 heterocycles. The Morgan fingerprint density at radius 1 is 1.11 bits per heavy atom. The quantitative estimate of drug-likeness (QED) is 0.735. The number of para-hydroxylation sites is 2. The van der Waals surface area contributed by atoms with E-state index in [1.165, 1.54) is 0 Å². The van der Waals surface area contributed by atoms with Gasteiger partial charge in [-0.1, -0.05) is 12.1 Å². The second-order valence-corrected chi connectivity index (χ2v) is 3.93. The van der Waals surface area contributed by atoms with Crippen LogP contribution in [0.3, 0.4) is 0 Å². The summed E-state index contributed by atoms with van der Waals surface area (Å²) in [4.78, 5) is 8.75. The van der Waals surface area contributed by atoms with Crippen LogP contribution in [-0.2, 0) is 6.54 Å². The maximum absolute atomic E-state index is 5.87. The lowest BCUT2D eigenvalue weighted by Crippen LogP contribution is -2.06. The molecule has 3 aromatic rings. The maximum Gasteiger partial charge on any atom is 0.169 e. The van der Waals surface area contributed by atoms with Gasteiger partial charge >= 0.3 is 0 Å². The molecule has 0 unspecified atom stereocenters. The highest BCUT2D eigenvalue weighted by Crippen LogP contribution is 2.18. The van der Waals surface area contributed by atoms with Crippen molar-refractivity contribution in [3.05, 3.63) is 48.4 Å². The highest BCUT2D eigenvalue weighted by atomic mass is 16.3. The van der Waals surface area contributed by atoms with Gasteiger partial charge in [-0.25, -0.2) is 9.97 Å². The van der Waals surface area contributed by atoms with Gasteiger partial charge in [0.1, 0.15) is 0 Å². The molecule has 3 N–H and O–H groups in total. The molecule has 5 nitrogen and oxygen atoms in total. The number of hydrogen-bond acceptors (Lipinski definition) is 5. The maximum atomic E-state index is 5.87. The van der Waals surface area contributed by atoms with Crippen LogP contribution >= 0.6 is 0 Å². The minimum absolute atomic E-state index is 0.400. The number of nitrogens with two attached hydrogens (primary N) is 1. The molecule has 0 saturated carbocycles. The molecule has 90 valence electrons. The molecule has 0 bridgehead atoms. The van der Waals surface area contributed by atoms with Gasteiger partial charge in [-0.05, 0) is 18.2 Å². The standard InChI is InChI=1S/C13H12N4O/c14-12-13(15-7-9-5-6-18-8-9)17-11-4-2-1-3-10(11)16-12/h1-6,8H,7H2,(H2,14,16)(H,15,17). The van der Waals surface area contributed by atoms with Gasteiger partial charge in [-0.2, -0.15) is 0 Å². The van der Waals surface area contributed by atoms with E-state index in [0.717, 1.165) is 16.6 Å². The summed E-state index contributed by atoms with van der Waals surface area (Å²) in [5, 5.41) is 3.15. The van der Waals surface area contributed by atoms with Crippen LogP contribution in [0.5, 0.6) is 0 Å². The second kappa shape index (κ2) is 4.37. The van der Waals surface area contributed by atoms with Gasteiger partial charge in [0.25, 0.3) is 0 Å². The first-order valence-electron chi connectivity index (χ1n) is 5.60. The van der Waals surface area contributed by atoms with E-state index >= 15 is 0 Å². The smallest absolute Gasteiger partial charge is 0.169 e. The Balaban J connectivity index is 1.89. The van der Waals surface area contributed by atoms with Crippen molar-refractivity contribution in [3.63, 3.8) is 0 Å². The summed E-state index contributed by atoms with van der Waals surface area (Å²) in [6.45, 7) is 0.605. The topological polar surface area (TPSA) is 77.0 Å². The fourth-order valence-electron chi connectivity index (χ4n) is 1.72. The van der Waals surface area contributed by atoms with Crippen LogP contribution in [0.15, 0.2) is 47.3 Å². The second-order valence-electron chi connectivity index (χ2n) is 3.93. The summed E-state index contributed by atoms with van der Waals surface area (Å²) in [7, 11) is 0. The molecule has 0 aliphatic rings. The highest BCUT2D eigenvalue weighted by molar-refractivity contribution is 5.79. The normalized spacial score (nSPS) is 10.7. The van der Waals surface area contributed by atoms with E-state index in [4.69, 9.17) is 10.2 Å². The molecular weight excluding hydrogens is 228 g/mol. The predicted molar refractivity (Wildman–Crippen MR) is 70.0 cm³/mol. The molecule has 0 radical (unpaired) electrons. The molecule has 0 aliphatic carbocycles. The highest BCUT2D eigenvalue weighted by Gasteiger charge is 2.05. The monoisotopic (exact) mass is 240 g/mol. The van der Waals surface area contributed by atoms with Crippen molar-refractivity contribution >= 4 is 22.7 Å². The van der Waals surface area contributed by atoms with Gasteiger partial charge in [-0.3, -0.25) is 0 Å². The van der Waals surface area contributed by atoms with Crippen molar-refractivity contribution in [1.29, 1.82) is 0 Å². The molecule has 0 aliphatic heterocycles. The number of benzene rings is 1. The molecule has 0 saturated heterocycles. The predicted octanol–water partition coefficient (Wildman–Crippen LogP) is 2.42. The molecule has 0 spiro atoms. The van der Waals surface area contributed by atoms with Crippen LogP contribution in [0.4, 0.5) is 11.6 Å². The van der Waals surface area contributed by atoms with Crippen molar-refractivity contribution in [1.82, 2.24) is 9.97 Å². The third-order valence-corrected chi connectivity index (χ3v) is 2.64. The number of rotatable bonds is 3. The van der Waals surface area contributed by atoms with Crippen LogP contribution in [0.2, 0.25) is 0 Å². The third-order valence-electron chi connectivity index (χ3n) is 2.64. The Morgan fingerprint density at radius 3 is 2.61 bits per heavy atom. The summed E-state index contributed by atoms with van der Waals surface area (Å²) in [5.74, 6) is 0.993. The molecule has 18 heavy (non-hydrogen) atoms. The number of fused-ring (bicyclic) bond motifs is 1. The summed E-state index contributed by atoms with van der Waals surface area (Å²) in [6.07, 6.45) is 3.31. The summed E-state index contributed by atoms with van der Waals surface area (Å²) >= 11 is 0. The Morgan fingerprint density at radius 2 is 1.89 bits per heavy atom. The van der Waals surface area contributed by atoms with Crippen molar-refractivity contribution in [2.24, 2.45) is 0 Å².